The summed E-state index contributed by atoms with van der Waals surface area (Å²) in [6.07, 6.45) is 1.61. The molecule has 0 aromatic rings. The molecule has 2 atom stereocenters. The molecule has 1 aliphatic rings. The molecule has 0 saturated carbocycles. The van der Waals surface area contributed by atoms with Crippen LogP contribution < -0.4 is 5.73 Å². The highest BCUT2D eigenvalue weighted by molar-refractivity contribution is 5.72. The van der Waals surface area contributed by atoms with Gasteiger partial charge in [0.1, 0.15) is 6.73 Å². The van der Waals surface area contributed by atoms with Crippen molar-refractivity contribution in [2.24, 2.45) is 17.1 Å². The molecule has 1 heterocycles. The predicted octanol–water partition coefficient (Wildman–Crippen LogP) is 1.29. The van der Waals surface area contributed by atoms with Gasteiger partial charge in [-0.3, -0.25) is 10.5 Å². The van der Waals surface area contributed by atoms with Crippen molar-refractivity contribution in [3.05, 3.63) is 0 Å². The Morgan fingerprint density at radius 1 is 1.53 bits per heavy atom. The average molecular weight is 215 g/mol. The number of carbonyl (C=O) groups is 1. The molecular weight excluding hydrogens is 194 g/mol. The van der Waals surface area contributed by atoms with Crippen molar-refractivity contribution in [1.82, 2.24) is 0 Å². The molecule has 0 aromatic carbocycles. The fraction of sp³-hybridized carbons (Fsp3) is 0.909. The lowest BCUT2D eigenvalue weighted by Gasteiger charge is -2.36. The second-order valence-electron chi connectivity index (χ2n) is 5.08. The minimum atomic E-state index is -0.185. The van der Waals surface area contributed by atoms with E-state index in [4.69, 9.17) is 15.2 Å². The van der Waals surface area contributed by atoms with E-state index in [0.29, 0.717) is 6.61 Å². The summed E-state index contributed by atoms with van der Waals surface area (Å²) in [5, 5.41) is 0. The molecule has 0 spiro atoms. The van der Waals surface area contributed by atoms with Gasteiger partial charge in [0.15, 0.2) is 0 Å². The Morgan fingerprint density at radius 3 is 2.73 bits per heavy atom. The number of nitrogens with two attached hydrogens (primary N) is 1. The third kappa shape index (κ3) is 3.47. The van der Waals surface area contributed by atoms with Crippen LogP contribution in [-0.4, -0.2) is 25.4 Å². The highest BCUT2D eigenvalue weighted by Gasteiger charge is 2.35. The van der Waals surface area contributed by atoms with E-state index in [2.05, 4.69) is 20.8 Å². The number of ether oxygens (including phenoxy) is 2. The Kier molecular flexibility index (Phi) is 4.11. The van der Waals surface area contributed by atoms with Gasteiger partial charge in [-0.25, -0.2) is 0 Å². The molecule has 15 heavy (non-hydrogen) atoms. The maximum absolute atomic E-state index is 11.5. The van der Waals surface area contributed by atoms with Crippen LogP contribution in [0.5, 0.6) is 0 Å². The van der Waals surface area contributed by atoms with Crippen molar-refractivity contribution in [2.45, 2.75) is 39.7 Å². The van der Waals surface area contributed by atoms with Gasteiger partial charge in [0.2, 0.25) is 0 Å². The van der Waals surface area contributed by atoms with E-state index in [0.717, 1.165) is 12.8 Å². The molecular formula is C11H21NO3. The van der Waals surface area contributed by atoms with Crippen LogP contribution in [0.4, 0.5) is 0 Å². The molecule has 2 N–H and O–H groups in total. The maximum atomic E-state index is 11.5. The average Bonchev–Trinajstić information content (AvgIpc) is 2.17. The van der Waals surface area contributed by atoms with Crippen LogP contribution >= 0.6 is 0 Å². The minimum Gasteiger partial charge on any atom is -0.450 e. The standard InChI is InChI=1S/C11H21NO3/c1-11(2,3)9-6-8(4-5-14-9)10(13)15-7-12/h8-9H,4-7,12H2,1-3H3. The van der Waals surface area contributed by atoms with Crippen LogP contribution in [0.3, 0.4) is 0 Å². The molecule has 88 valence electrons. The number of hydrogen-bond donors (Lipinski definition) is 1. The van der Waals surface area contributed by atoms with E-state index in [9.17, 15) is 4.79 Å². The first-order valence-electron chi connectivity index (χ1n) is 5.43. The lowest BCUT2D eigenvalue weighted by atomic mass is 9.81. The van der Waals surface area contributed by atoms with Crippen LogP contribution in [-0.2, 0) is 14.3 Å². The predicted molar refractivity (Wildman–Crippen MR) is 57.1 cm³/mol. The summed E-state index contributed by atoms with van der Waals surface area (Å²) >= 11 is 0. The third-order valence-electron chi connectivity index (χ3n) is 2.81. The first-order valence-corrected chi connectivity index (χ1v) is 5.43. The highest BCUT2D eigenvalue weighted by atomic mass is 16.5. The molecule has 0 aliphatic carbocycles. The fourth-order valence-corrected chi connectivity index (χ4v) is 1.81. The van der Waals surface area contributed by atoms with Crippen LogP contribution in [0.1, 0.15) is 33.6 Å². The summed E-state index contributed by atoms with van der Waals surface area (Å²) in [6.45, 7) is 6.96. The summed E-state index contributed by atoms with van der Waals surface area (Å²) in [6, 6.07) is 0. The number of rotatable bonds is 2. The lowest BCUT2D eigenvalue weighted by molar-refractivity contribution is -0.156. The van der Waals surface area contributed by atoms with Gasteiger partial charge in [0.25, 0.3) is 0 Å². The molecule has 1 saturated heterocycles. The van der Waals surface area contributed by atoms with Gasteiger partial charge < -0.3 is 9.47 Å². The van der Waals surface area contributed by atoms with Crippen LogP contribution in [0.2, 0.25) is 0 Å². The van der Waals surface area contributed by atoms with Crippen molar-refractivity contribution in [3.8, 4) is 0 Å². The largest absolute Gasteiger partial charge is 0.450 e. The fourth-order valence-electron chi connectivity index (χ4n) is 1.81. The van der Waals surface area contributed by atoms with Gasteiger partial charge in [-0.15, -0.1) is 0 Å². The smallest absolute Gasteiger partial charge is 0.310 e. The Bertz CT molecular complexity index is 222. The topological polar surface area (TPSA) is 61.5 Å². The van der Waals surface area contributed by atoms with E-state index in [1.54, 1.807) is 0 Å². The number of carbonyl (C=O) groups excluding carboxylic acids is 1. The molecule has 0 amide bonds. The number of hydrogen-bond acceptors (Lipinski definition) is 4. The maximum Gasteiger partial charge on any atom is 0.310 e. The van der Waals surface area contributed by atoms with Gasteiger partial charge in [0.05, 0.1) is 12.0 Å². The first kappa shape index (κ1) is 12.5. The zero-order valence-corrected chi connectivity index (χ0v) is 9.79. The third-order valence-corrected chi connectivity index (χ3v) is 2.81. The molecule has 0 bridgehead atoms. The van der Waals surface area contributed by atoms with Crippen LogP contribution in [0, 0.1) is 11.3 Å². The van der Waals surface area contributed by atoms with Crippen molar-refractivity contribution >= 4 is 5.97 Å². The van der Waals surface area contributed by atoms with Gasteiger partial charge in [0, 0.05) is 6.61 Å². The van der Waals surface area contributed by atoms with E-state index in [1.165, 1.54) is 0 Å². The molecule has 2 unspecified atom stereocenters. The van der Waals surface area contributed by atoms with E-state index < -0.39 is 0 Å². The Hall–Kier alpha value is -0.610. The zero-order valence-electron chi connectivity index (χ0n) is 9.79. The first-order chi connectivity index (χ1) is 6.95. The molecule has 1 fully saturated rings. The Labute approximate surface area is 91.1 Å². The Morgan fingerprint density at radius 2 is 2.20 bits per heavy atom. The van der Waals surface area contributed by atoms with Gasteiger partial charge in [-0.2, -0.15) is 0 Å². The van der Waals surface area contributed by atoms with Crippen LogP contribution in [0.15, 0.2) is 0 Å². The van der Waals surface area contributed by atoms with Gasteiger partial charge in [-0.1, -0.05) is 20.8 Å². The highest BCUT2D eigenvalue weighted by Crippen LogP contribution is 2.32. The van der Waals surface area contributed by atoms with E-state index in [1.807, 2.05) is 0 Å². The number of esters is 1. The monoisotopic (exact) mass is 215 g/mol. The minimum absolute atomic E-state index is 0.0314. The second kappa shape index (κ2) is 4.94. The normalized spacial score (nSPS) is 27.5. The zero-order chi connectivity index (χ0) is 11.5. The summed E-state index contributed by atoms with van der Waals surface area (Å²) in [5.41, 5.74) is 5.25. The van der Waals surface area contributed by atoms with Crippen LogP contribution in [0.25, 0.3) is 0 Å². The van der Waals surface area contributed by atoms with Crippen molar-refractivity contribution in [2.75, 3.05) is 13.3 Å². The van der Waals surface area contributed by atoms with Gasteiger partial charge in [-0.05, 0) is 18.3 Å². The summed E-state index contributed by atoms with van der Waals surface area (Å²) in [4.78, 5) is 11.5. The summed E-state index contributed by atoms with van der Waals surface area (Å²) in [7, 11) is 0. The molecule has 1 rings (SSSR count). The van der Waals surface area contributed by atoms with E-state index >= 15 is 0 Å². The van der Waals surface area contributed by atoms with Crippen molar-refractivity contribution < 1.29 is 14.3 Å². The van der Waals surface area contributed by atoms with Crippen molar-refractivity contribution in [1.29, 1.82) is 0 Å². The summed E-state index contributed by atoms with van der Waals surface area (Å²) in [5.74, 6) is -0.235. The SMILES string of the molecule is CC(C)(C)C1CC(C(=O)OCN)CCO1. The molecule has 0 aromatic heterocycles. The molecule has 0 radical (unpaired) electrons. The molecule has 1 aliphatic heterocycles. The second-order valence-corrected chi connectivity index (χ2v) is 5.08. The van der Waals surface area contributed by atoms with E-state index in [-0.39, 0.29) is 30.1 Å². The Balaban J connectivity index is 2.52. The molecule has 4 nitrogen and oxygen atoms in total. The molecule has 4 heteroatoms. The quantitative estimate of drug-likeness (QED) is 0.557. The summed E-state index contributed by atoms with van der Waals surface area (Å²) < 4.78 is 10.5. The lowest BCUT2D eigenvalue weighted by Crippen LogP contribution is -2.39. The van der Waals surface area contributed by atoms with Gasteiger partial charge >= 0.3 is 5.97 Å². The van der Waals surface area contributed by atoms with Crippen molar-refractivity contribution in [3.63, 3.8) is 0 Å².